The third-order valence-electron chi connectivity index (χ3n) is 2.86. The van der Waals surface area contributed by atoms with Crippen molar-refractivity contribution in [2.45, 2.75) is 13.1 Å². The molecule has 0 saturated carbocycles. The molecule has 104 valence electrons. The molecule has 0 heterocycles. The Morgan fingerprint density at radius 2 is 1.85 bits per heavy atom. The molecule has 5 heteroatoms. The van der Waals surface area contributed by atoms with Crippen LogP contribution in [0.4, 0.5) is 4.39 Å². The van der Waals surface area contributed by atoms with Gasteiger partial charge in [0.25, 0.3) is 0 Å². The summed E-state index contributed by atoms with van der Waals surface area (Å²) in [6, 6.07) is 11.2. The van der Waals surface area contributed by atoms with Crippen LogP contribution >= 0.6 is 15.9 Å². The number of benzene rings is 2. The van der Waals surface area contributed by atoms with E-state index in [9.17, 15) is 9.18 Å². The van der Waals surface area contributed by atoms with E-state index in [4.69, 9.17) is 5.11 Å². The van der Waals surface area contributed by atoms with Crippen molar-refractivity contribution in [1.29, 1.82) is 0 Å². The number of nitrogens with one attached hydrogen (secondary N) is 1. The zero-order chi connectivity index (χ0) is 14.5. The molecule has 0 aliphatic heterocycles. The topological polar surface area (TPSA) is 49.3 Å². The van der Waals surface area contributed by atoms with Gasteiger partial charge < -0.3 is 10.4 Å². The lowest BCUT2D eigenvalue weighted by Crippen LogP contribution is -2.13. The number of hydrogen-bond donors (Lipinski definition) is 2. The third-order valence-corrected chi connectivity index (χ3v) is 3.60. The summed E-state index contributed by atoms with van der Waals surface area (Å²) >= 11 is 3.36. The lowest BCUT2D eigenvalue weighted by molar-refractivity contribution is 0.0697. The highest BCUT2D eigenvalue weighted by Gasteiger charge is 2.06. The minimum absolute atomic E-state index is 0.249. The molecule has 0 unspecified atom stereocenters. The second-order valence-electron chi connectivity index (χ2n) is 4.34. The van der Waals surface area contributed by atoms with Gasteiger partial charge in [0.2, 0.25) is 0 Å². The van der Waals surface area contributed by atoms with Gasteiger partial charge in [-0.3, -0.25) is 0 Å². The molecule has 0 atom stereocenters. The summed E-state index contributed by atoms with van der Waals surface area (Å²) in [5.41, 5.74) is 2.21. The zero-order valence-corrected chi connectivity index (χ0v) is 12.2. The Kier molecular flexibility index (Phi) is 4.87. The van der Waals surface area contributed by atoms with E-state index < -0.39 is 5.97 Å². The summed E-state index contributed by atoms with van der Waals surface area (Å²) in [7, 11) is 0. The maximum atomic E-state index is 12.8. The molecule has 2 rings (SSSR count). The van der Waals surface area contributed by atoms with Gasteiger partial charge in [0, 0.05) is 17.6 Å². The predicted octanol–water partition coefficient (Wildman–Crippen LogP) is 3.58. The molecular weight excluding hydrogens is 325 g/mol. The maximum absolute atomic E-state index is 12.8. The molecule has 0 fully saturated rings. The van der Waals surface area contributed by atoms with Crippen LogP contribution in [0.2, 0.25) is 0 Å². The second kappa shape index (κ2) is 6.63. The van der Waals surface area contributed by atoms with Gasteiger partial charge in [0.1, 0.15) is 5.82 Å². The van der Waals surface area contributed by atoms with Gasteiger partial charge in [-0.15, -0.1) is 0 Å². The third kappa shape index (κ3) is 3.88. The first kappa shape index (κ1) is 14.7. The molecule has 0 spiro atoms. The molecule has 2 aromatic carbocycles. The minimum Gasteiger partial charge on any atom is -0.478 e. The quantitative estimate of drug-likeness (QED) is 0.876. The summed E-state index contributed by atoms with van der Waals surface area (Å²) in [5.74, 6) is -1.20. The molecule has 0 bridgehead atoms. The van der Waals surface area contributed by atoms with Gasteiger partial charge in [0.15, 0.2) is 0 Å². The summed E-state index contributed by atoms with van der Waals surface area (Å²) in [6.07, 6.45) is 0. The Morgan fingerprint density at radius 3 is 2.45 bits per heavy atom. The highest BCUT2D eigenvalue weighted by molar-refractivity contribution is 9.10. The number of carboxylic acid groups (broad SMARTS) is 1. The molecule has 0 aromatic heterocycles. The summed E-state index contributed by atoms with van der Waals surface area (Å²) in [5, 5.41) is 12.1. The Labute approximate surface area is 124 Å². The van der Waals surface area contributed by atoms with E-state index in [1.165, 1.54) is 12.1 Å². The van der Waals surface area contributed by atoms with Gasteiger partial charge >= 0.3 is 5.97 Å². The van der Waals surface area contributed by atoms with Crippen LogP contribution in [0, 0.1) is 5.82 Å². The van der Waals surface area contributed by atoms with E-state index in [-0.39, 0.29) is 11.4 Å². The van der Waals surface area contributed by atoms with Crippen LogP contribution in [-0.2, 0) is 13.1 Å². The molecule has 0 saturated heterocycles. The molecule has 0 aliphatic rings. The average Bonchev–Trinajstić information content (AvgIpc) is 2.42. The SMILES string of the molecule is O=C(O)c1ccc(CNCc2ccc(F)cc2)c(Br)c1. The van der Waals surface area contributed by atoms with E-state index >= 15 is 0 Å². The van der Waals surface area contributed by atoms with Crippen molar-refractivity contribution in [3.05, 3.63) is 69.4 Å². The van der Waals surface area contributed by atoms with Crippen LogP contribution in [0.25, 0.3) is 0 Å². The second-order valence-corrected chi connectivity index (χ2v) is 5.20. The van der Waals surface area contributed by atoms with E-state index in [1.807, 2.05) is 0 Å². The number of carbonyl (C=O) groups is 1. The largest absolute Gasteiger partial charge is 0.478 e. The van der Waals surface area contributed by atoms with E-state index in [0.717, 1.165) is 15.6 Å². The Morgan fingerprint density at radius 1 is 1.15 bits per heavy atom. The average molecular weight is 338 g/mol. The lowest BCUT2D eigenvalue weighted by atomic mass is 10.1. The molecule has 2 aromatic rings. The van der Waals surface area contributed by atoms with Crippen molar-refractivity contribution in [2.24, 2.45) is 0 Å². The molecule has 0 amide bonds. The van der Waals surface area contributed by atoms with Gasteiger partial charge in [-0.25, -0.2) is 9.18 Å². The highest BCUT2D eigenvalue weighted by Crippen LogP contribution is 2.18. The molecule has 3 nitrogen and oxygen atoms in total. The van der Waals surface area contributed by atoms with E-state index in [1.54, 1.807) is 30.3 Å². The predicted molar refractivity (Wildman–Crippen MR) is 78.0 cm³/mol. The van der Waals surface area contributed by atoms with Crippen molar-refractivity contribution in [1.82, 2.24) is 5.32 Å². The number of carboxylic acids is 1. The Balaban J connectivity index is 1.94. The monoisotopic (exact) mass is 337 g/mol. The first-order valence-electron chi connectivity index (χ1n) is 6.03. The fourth-order valence-corrected chi connectivity index (χ4v) is 2.29. The highest BCUT2D eigenvalue weighted by atomic mass is 79.9. The van der Waals surface area contributed by atoms with Gasteiger partial charge in [0.05, 0.1) is 5.56 Å². The van der Waals surface area contributed by atoms with Gasteiger partial charge in [-0.1, -0.05) is 34.1 Å². The van der Waals surface area contributed by atoms with Crippen LogP contribution in [-0.4, -0.2) is 11.1 Å². The fraction of sp³-hybridized carbons (Fsp3) is 0.133. The van der Waals surface area contributed by atoms with Crippen molar-refractivity contribution in [3.8, 4) is 0 Å². The van der Waals surface area contributed by atoms with Crippen molar-refractivity contribution in [3.63, 3.8) is 0 Å². The maximum Gasteiger partial charge on any atom is 0.335 e. The van der Waals surface area contributed by atoms with Crippen molar-refractivity contribution in [2.75, 3.05) is 0 Å². The number of rotatable bonds is 5. The standard InChI is InChI=1S/C15H13BrFNO2/c16-14-7-11(15(19)20)3-4-12(14)9-18-8-10-1-5-13(17)6-2-10/h1-7,18H,8-9H2,(H,19,20). The van der Waals surface area contributed by atoms with Crippen LogP contribution in [0.15, 0.2) is 46.9 Å². The lowest BCUT2D eigenvalue weighted by Gasteiger charge is -2.08. The fourth-order valence-electron chi connectivity index (χ4n) is 1.77. The normalized spacial score (nSPS) is 10.5. The van der Waals surface area contributed by atoms with E-state index in [2.05, 4.69) is 21.2 Å². The van der Waals surface area contributed by atoms with E-state index in [0.29, 0.717) is 13.1 Å². The molecule has 20 heavy (non-hydrogen) atoms. The van der Waals surface area contributed by atoms with Crippen LogP contribution in [0.1, 0.15) is 21.5 Å². The molecule has 2 N–H and O–H groups in total. The number of aromatic carboxylic acids is 1. The summed E-state index contributed by atoms with van der Waals surface area (Å²) in [6.45, 7) is 1.21. The summed E-state index contributed by atoms with van der Waals surface area (Å²) in [4.78, 5) is 10.8. The number of hydrogen-bond acceptors (Lipinski definition) is 2. The smallest absolute Gasteiger partial charge is 0.335 e. The molecule has 0 aliphatic carbocycles. The number of halogens is 2. The van der Waals surface area contributed by atoms with Crippen molar-refractivity contribution >= 4 is 21.9 Å². The summed E-state index contributed by atoms with van der Waals surface area (Å²) < 4.78 is 13.5. The first-order chi connectivity index (χ1) is 9.56. The molecule has 0 radical (unpaired) electrons. The Hall–Kier alpha value is -1.72. The van der Waals surface area contributed by atoms with Crippen LogP contribution in [0.5, 0.6) is 0 Å². The Bertz CT molecular complexity index is 614. The van der Waals surface area contributed by atoms with Crippen LogP contribution < -0.4 is 5.32 Å². The molecular formula is C15H13BrFNO2. The minimum atomic E-state index is -0.948. The van der Waals surface area contributed by atoms with Crippen molar-refractivity contribution < 1.29 is 14.3 Å². The van der Waals surface area contributed by atoms with Gasteiger partial charge in [-0.05, 0) is 35.4 Å². The van der Waals surface area contributed by atoms with Gasteiger partial charge in [-0.2, -0.15) is 0 Å². The zero-order valence-electron chi connectivity index (χ0n) is 10.6. The first-order valence-corrected chi connectivity index (χ1v) is 6.82. The van der Waals surface area contributed by atoms with Crippen LogP contribution in [0.3, 0.4) is 0 Å².